The highest BCUT2D eigenvalue weighted by Crippen LogP contribution is 2.57. The van der Waals surface area contributed by atoms with Crippen molar-refractivity contribution in [2.75, 3.05) is 12.3 Å². The molecule has 0 aliphatic rings. The lowest BCUT2D eigenvalue weighted by Gasteiger charge is -2.27. The van der Waals surface area contributed by atoms with E-state index >= 15 is 0 Å². The summed E-state index contributed by atoms with van der Waals surface area (Å²) in [6.45, 7) is 7.16. The van der Waals surface area contributed by atoms with E-state index in [1.807, 2.05) is 24.3 Å². The number of amides is 2. The van der Waals surface area contributed by atoms with Crippen LogP contribution in [0.2, 0.25) is 0 Å². The average Bonchev–Trinajstić information content (AvgIpc) is 0.775. The number of benzene rings is 10. The van der Waals surface area contributed by atoms with E-state index in [0.717, 1.165) is 56.4 Å². The number of carbonyl (C=O) groups is 2. The van der Waals surface area contributed by atoms with Crippen LogP contribution in [0.1, 0.15) is 64.5 Å². The maximum Gasteiger partial charge on any atom is 0.413 e. The number of phenolic OH excluding ortho intramolecular Hbond substituents is 2. The number of aromatic hydroxyl groups is 2. The largest absolute Gasteiger partial charge is 1.00 e. The van der Waals surface area contributed by atoms with Crippen molar-refractivity contribution in [2.45, 2.75) is 78.3 Å². The Labute approximate surface area is 594 Å². The first kappa shape index (κ1) is 72.8. The number of ether oxygens (including phenoxy) is 2. The summed E-state index contributed by atoms with van der Waals surface area (Å²) in [4.78, 5) is 51.2. The first-order valence-corrected chi connectivity index (χ1v) is 36.5. The van der Waals surface area contributed by atoms with E-state index in [-0.39, 0.29) is 96.1 Å². The Morgan fingerprint density at radius 3 is 1.09 bits per heavy atom. The second-order valence-corrected chi connectivity index (χ2v) is 31.5. The van der Waals surface area contributed by atoms with E-state index < -0.39 is 32.5 Å². The van der Waals surface area contributed by atoms with Crippen LogP contribution < -0.4 is 96.8 Å². The summed E-state index contributed by atoms with van der Waals surface area (Å²) in [6.07, 6.45) is 6.63. The lowest BCUT2D eigenvalue weighted by molar-refractivity contribution is -0.001000. The second kappa shape index (κ2) is 34.2. The number of fused-ring (bicyclic) bond motifs is 2. The van der Waals surface area contributed by atoms with Crippen molar-refractivity contribution in [1.82, 2.24) is 10.6 Å². The molecule has 0 atom stereocenters. The van der Waals surface area contributed by atoms with Crippen molar-refractivity contribution >= 4 is 80.5 Å². The van der Waals surface area contributed by atoms with Crippen LogP contribution in [0.3, 0.4) is 0 Å². The third-order valence-corrected chi connectivity index (χ3v) is 26.0. The molecule has 0 saturated heterocycles. The first-order valence-electron chi connectivity index (χ1n) is 32.5. The predicted molar refractivity (Wildman–Crippen MR) is 394 cm³/mol. The molecule has 0 spiro atoms. The van der Waals surface area contributed by atoms with Gasteiger partial charge in [-0.1, -0.05) is 158 Å². The van der Waals surface area contributed by atoms with E-state index in [1.165, 1.54) is 79.4 Å². The Hall–Kier alpha value is -9.42. The Morgan fingerprint density at radius 2 is 0.735 bits per heavy atom. The lowest BCUT2D eigenvalue weighted by atomic mass is 10.0. The number of nitrogens with one attached hydrogen (secondary N) is 2. The summed E-state index contributed by atoms with van der Waals surface area (Å²) in [5.41, 5.74) is 3.19. The molecular formula is C82H78Br2N2O10P2. The van der Waals surface area contributed by atoms with Gasteiger partial charge in [0, 0.05) is 35.3 Å². The van der Waals surface area contributed by atoms with Crippen LogP contribution >= 0.6 is 14.5 Å². The molecule has 2 heterocycles. The number of hydrogen-bond acceptors (Lipinski definition) is 10. The van der Waals surface area contributed by atoms with Crippen LogP contribution in [0, 0.1) is 0 Å². The Morgan fingerprint density at radius 1 is 0.408 bits per heavy atom. The van der Waals surface area contributed by atoms with Crippen LogP contribution in [0.4, 0.5) is 9.59 Å². The van der Waals surface area contributed by atoms with Gasteiger partial charge in [-0.2, -0.15) is 0 Å². The molecule has 0 saturated carbocycles. The summed E-state index contributed by atoms with van der Waals surface area (Å²) >= 11 is 0. The maximum atomic E-state index is 13.4. The van der Waals surface area contributed by atoms with Gasteiger partial charge in [-0.3, -0.25) is 9.59 Å². The third-order valence-electron chi connectivity index (χ3n) is 17.0. The van der Waals surface area contributed by atoms with Gasteiger partial charge in [0.25, 0.3) is 0 Å². The number of rotatable bonds is 22. The summed E-state index contributed by atoms with van der Waals surface area (Å²) in [5, 5.41) is 34.1. The van der Waals surface area contributed by atoms with Crippen molar-refractivity contribution in [2.24, 2.45) is 0 Å². The van der Waals surface area contributed by atoms with E-state index in [1.54, 1.807) is 27.7 Å². The van der Waals surface area contributed by atoms with E-state index in [9.17, 15) is 29.4 Å². The van der Waals surface area contributed by atoms with Gasteiger partial charge in [0.05, 0.1) is 23.1 Å². The molecule has 16 heteroatoms. The molecule has 0 fully saturated rings. The predicted octanol–water partition coefficient (Wildman–Crippen LogP) is 9.97. The van der Waals surface area contributed by atoms with Crippen LogP contribution in [0.5, 0.6) is 23.0 Å². The van der Waals surface area contributed by atoms with Gasteiger partial charge >= 0.3 is 12.2 Å². The van der Waals surface area contributed by atoms with Crippen molar-refractivity contribution in [3.8, 4) is 45.6 Å². The van der Waals surface area contributed by atoms with E-state index in [4.69, 9.17) is 18.3 Å². The van der Waals surface area contributed by atoms with Crippen molar-refractivity contribution in [3.05, 3.63) is 298 Å². The third kappa shape index (κ3) is 17.1. The molecule has 4 N–H and O–H groups in total. The molecule has 0 unspecified atom stereocenters. The standard InChI is InChI=1S/C45H45N2O6P.C37H31O4P.2BrH/c1-31(2)46-44(49)52-40-28-27-38-39(48)30-41(51-42(38)43(40)53-45(50)47-32(3)4)34-25-23-33(24-26-34)16-14-15-29-54(35-17-8-5-9-18-35,36-19-10-6-11-20-36)37-21-12-7-13-22-37;38-33-24-23-32-34(39)26-35(41-37(32)36(33)40)28-21-19-27(20-22-28)12-10-11-25-42(29-13-4-1-5-14-29,30-15-6-2-7-16-30)31-17-8-3-9-18-31;;/h5-13,17-28,30-32H,14-16,29H2,1-4H3,(H-,46,47,49,50);1-9,13-24,26H,10-12,25H2,(H-,38,39,40);2*1H. The average molecular weight is 1470 g/mol. The molecule has 10 aromatic carbocycles. The smallest absolute Gasteiger partial charge is 0.413 e. The lowest BCUT2D eigenvalue weighted by Crippen LogP contribution is -3.00. The Balaban J connectivity index is 0.000000231. The summed E-state index contributed by atoms with van der Waals surface area (Å²) in [6, 6.07) is 89.8. The molecule has 0 radical (unpaired) electrons. The van der Waals surface area contributed by atoms with Crippen LogP contribution in [-0.4, -0.2) is 46.8 Å². The zero-order valence-corrected chi connectivity index (χ0v) is 60.0. The highest BCUT2D eigenvalue weighted by atomic mass is 79.9. The van der Waals surface area contributed by atoms with Gasteiger partial charge in [0.2, 0.25) is 11.5 Å². The first-order chi connectivity index (χ1) is 46.7. The number of carbonyl (C=O) groups excluding carboxylic acids is 2. The zero-order chi connectivity index (χ0) is 67.0. The molecule has 12 aromatic rings. The number of unbranched alkanes of at least 4 members (excludes halogenated alkanes) is 2. The Kier molecular flexibility index (Phi) is 25.4. The fourth-order valence-corrected chi connectivity index (χ4v) is 21.2. The molecule has 98 heavy (non-hydrogen) atoms. The number of aryl methyl sites for hydroxylation is 2. The summed E-state index contributed by atoms with van der Waals surface area (Å²) in [5.74, 6) is -0.336. The minimum atomic E-state index is -1.89. The number of phenols is 2. The van der Waals surface area contributed by atoms with Gasteiger partial charge in [-0.05, 0) is 174 Å². The molecule has 0 aliphatic heterocycles. The molecule has 2 amide bonds. The van der Waals surface area contributed by atoms with Crippen LogP contribution in [-0.2, 0) is 12.8 Å². The van der Waals surface area contributed by atoms with Crippen LogP contribution in [0.15, 0.2) is 285 Å². The van der Waals surface area contributed by atoms with E-state index in [2.05, 4.69) is 217 Å². The summed E-state index contributed by atoms with van der Waals surface area (Å²) in [7, 11) is -3.73. The number of halogens is 2. The SMILES string of the molecule is CC(C)NC(=O)Oc1ccc2c(=O)cc(-c3ccc(CCCC[P+](c4ccccc4)(c4ccccc4)c4ccccc4)cc3)oc2c1OC(=O)NC(C)C.O=c1cc(-c2ccc(CCCC[P+](c3ccccc3)(c3ccccc3)c3ccccc3)cc2)oc2c(O)c(O)ccc12.[Br-].[Br-]. The molecule has 12 rings (SSSR count). The maximum absolute atomic E-state index is 13.4. The van der Waals surface area contributed by atoms with Gasteiger partial charge in [0.15, 0.2) is 33.5 Å². The highest BCUT2D eigenvalue weighted by Gasteiger charge is 2.46. The molecule has 500 valence electrons. The topological polar surface area (TPSA) is 178 Å². The monoisotopic (exact) mass is 1470 g/mol. The molecule has 2 aromatic heterocycles. The fraction of sp³-hybridized carbons (Fsp3) is 0.171. The molecule has 0 bridgehead atoms. The van der Waals surface area contributed by atoms with E-state index in [0.29, 0.717) is 17.1 Å². The Bertz CT molecular complexity index is 4510. The zero-order valence-electron chi connectivity index (χ0n) is 55.0. The van der Waals surface area contributed by atoms with Gasteiger partial charge in [-0.15, -0.1) is 0 Å². The quantitative estimate of drug-likeness (QED) is 0.0290. The minimum Gasteiger partial charge on any atom is -1.00 e. The van der Waals surface area contributed by atoms with Gasteiger partial charge in [-0.25, -0.2) is 9.59 Å². The van der Waals surface area contributed by atoms with Gasteiger partial charge in [0.1, 0.15) is 57.9 Å². The second-order valence-electron chi connectivity index (χ2n) is 24.3. The molecule has 12 nitrogen and oxygen atoms in total. The summed E-state index contributed by atoms with van der Waals surface area (Å²) < 4.78 is 23.2. The van der Waals surface area contributed by atoms with Gasteiger partial charge < -0.3 is 73.1 Å². The van der Waals surface area contributed by atoms with Crippen molar-refractivity contribution < 1.29 is 72.1 Å². The number of hydrogen-bond donors (Lipinski definition) is 4. The van der Waals surface area contributed by atoms with Crippen molar-refractivity contribution in [3.63, 3.8) is 0 Å². The molecule has 0 aliphatic carbocycles. The highest BCUT2D eigenvalue weighted by molar-refractivity contribution is 7.96. The van der Waals surface area contributed by atoms with Crippen LogP contribution in [0.25, 0.3) is 44.6 Å². The normalized spacial score (nSPS) is 11.2. The van der Waals surface area contributed by atoms with Crippen molar-refractivity contribution in [1.29, 1.82) is 0 Å². The molecular weight excluding hydrogens is 1390 g/mol. The minimum absolute atomic E-state index is 0. The fourth-order valence-electron chi connectivity index (χ4n) is 12.3.